The van der Waals surface area contributed by atoms with E-state index in [0.717, 1.165) is 5.82 Å². The van der Waals surface area contributed by atoms with Gasteiger partial charge in [-0.25, -0.2) is 9.67 Å². The average Bonchev–Trinajstić information content (AvgIpc) is 2.81. The van der Waals surface area contributed by atoms with Crippen molar-refractivity contribution in [1.29, 1.82) is 0 Å². The highest BCUT2D eigenvalue weighted by atomic mass is 16.5. The molecule has 2 aromatic heterocycles. The number of aliphatic hydroxyl groups is 1. The number of β-amino-alcohol motifs (C(OH)–C–C–N with tert-alkyl or cyclic N) is 1. The van der Waals surface area contributed by atoms with Gasteiger partial charge < -0.3 is 14.7 Å². The van der Waals surface area contributed by atoms with Crippen LogP contribution in [0.1, 0.15) is 18.4 Å². The van der Waals surface area contributed by atoms with Crippen molar-refractivity contribution in [2.45, 2.75) is 19.4 Å². The maximum absolute atomic E-state index is 10.6. The summed E-state index contributed by atoms with van der Waals surface area (Å²) < 4.78 is 7.02. The molecule has 0 unspecified atom stereocenters. The highest BCUT2D eigenvalue weighted by molar-refractivity contribution is 5.47. The zero-order valence-corrected chi connectivity index (χ0v) is 12.3. The molecule has 2 aromatic rings. The van der Waals surface area contributed by atoms with Crippen LogP contribution in [0.2, 0.25) is 0 Å². The summed E-state index contributed by atoms with van der Waals surface area (Å²) in [5.74, 6) is 1.96. The Morgan fingerprint density at radius 2 is 2.14 bits per heavy atom. The number of rotatable bonds is 4. The van der Waals surface area contributed by atoms with Gasteiger partial charge in [0.25, 0.3) is 0 Å². The Morgan fingerprint density at radius 1 is 1.38 bits per heavy atom. The van der Waals surface area contributed by atoms with Crippen LogP contribution in [0.25, 0.3) is 0 Å². The van der Waals surface area contributed by atoms with Gasteiger partial charge in [-0.2, -0.15) is 4.98 Å². The van der Waals surface area contributed by atoms with Gasteiger partial charge in [0.1, 0.15) is 17.2 Å². The molecule has 0 saturated carbocycles. The predicted molar refractivity (Wildman–Crippen MR) is 75.1 cm³/mol. The fourth-order valence-corrected chi connectivity index (χ4v) is 2.53. The number of hydrogen-bond donors (Lipinski definition) is 1. The Bertz CT molecular complexity index is 650. The molecule has 1 N–H and O–H groups in total. The second-order valence-electron chi connectivity index (χ2n) is 5.18. The Kier molecular flexibility index (Phi) is 3.25. The molecular formula is C13H18N6O2. The molecule has 8 heteroatoms. The van der Waals surface area contributed by atoms with Gasteiger partial charge in [0, 0.05) is 13.1 Å². The van der Waals surface area contributed by atoms with E-state index >= 15 is 0 Å². The molecule has 1 aliphatic heterocycles. The first-order chi connectivity index (χ1) is 10.0. The first kappa shape index (κ1) is 13.7. The maximum Gasteiger partial charge on any atom is 0.218 e. The lowest BCUT2D eigenvalue weighted by Crippen LogP contribution is -2.60. The first-order valence-corrected chi connectivity index (χ1v) is 6.83. The number of anilines is 1. The zero-order valence-electron chi connectivity index (χ0n) is 12.3. The third-order valence-corrected chi connectivity index (χ3v) is 3.51. The summed E-state index contributed by atoms with van der Waals surface area (Å²) >= 11 is 0. The molecule has 112 valence electrons. The molecule has 0 aliphatic carbocycles. The van der Waals surface area contributed by atoms with Gasteiger partial charge in [-0.1, -0.05) is 5.21 Å². The molecule has 3 rings (SSSR count). The lowest BCUT2D eigenvalue weighted by atomic mass is 9.91. The number of hydrogen-bond acceptors (Lipinski definition) is 7. The topological polar surface area (TPSA) is 89.2 Å². The van der Waals surface area contributed by atoms with E-state index in [1.54, 1.807) is 24.0 Å². The van der Waals surface area contributed by atoms with E-state index in [1.165, 1.54) is 0 Å². The third kappa shape index (κ3) is 2.42. The molecule has 1 saturated heterocycles. The van der Waals surface area contributed by atoms with E-state index in [-0.39, 0.29) is 0 Å². The van der Waals surface area contributed by atoms with Gasteiger partial charge in [-0.3, -0.25) is 0 Å². The Morgan fingerprint density at radius 3 is 2.76 bits per heavy atom. The molecule has 0 aromatic carbocycles. The normalized spacial score (nSPS) is 16.7. The van der Waals surface area contributed by atoms with Gasteiger partial charge >= 0.3 is 0 Å². The van der Waals surface area contributed by atoms with Crippen molar-refractivity contribution in [2.24, 2.45) is 7.05 Å². The number of aryl methyl sites for hydroxylation is 2. The van der Waals surface area contributed by atoms with Crippen molar-refractivity contribution in [3.8, 4) is 5.88 Å². The van der Waals surface area contributed by atoms with E-state index in [2.05, 4.69) is 20.3 Å². The summed E-state index contributed by atoms with van der Waals surface area (Å²) in [5.41, 5.74) is -0.238. The van der Waals surface area contributed by atoms with Crippen molar-refractivity contribution in [3.63, 3.8) is 0 Å². The van der Waals surface area contributed by atoms with Crippen molar-refractivity contribution in [1.82, 2.24) is 25.0 Å². The highest BCUT2D eigenvalue weighted by Gasteiger charge is 2.45. The maximum atomic E-state index is 10.6. The van der Waals surface area contributed by atoms with E-state index in [4.69, 9.17) is 4.74 Å². The first-order valence-electron chi connectivity index (χ1n) is 6.83. The molecule has 8 nitrogen and oxygen atoms in total. The molecule has 21 heavy (non-hydrogen) atoms. The third-order valence-electron chi connectivity index (χ3n) is 3.51. The van der Waals surface area contributed by atoms with Crippen molar-refractivity contribution >= 4 is 5.82 Å². The molecule has 0 spiro atoms. The highest BCUT2D eigenvalue weighted by Crippen LogP contribution is 2.34. The molecule has 3 heterocycles. The standard InChI is InChI=1S/C13H18N6O2/c1-4-21-12-5-11(15-9(2)16-12)19-7-13(20,8-19)10-6-14-17-18(10)3/h5-6,20H,4,7-8H2,1-3H3. The molecular weight excluding hydrogens is 272 g/mol. The van der Waals surface area contributed by atoms with Crippen LogP contribution in [0.4, 0.5) is 5.82 Å². The minimum absolute atomic E-state index is 0.441. The summed E-state index contributed by atoms with van der Waals surface area (Å²) in [6.07, 6.45) is 1.59. The average molecular weight is 290 g/mol. The molecule has 0 bridgehead atoms. The van der Waals surface area contributed by atoms with E-state index < -0.39 is 5.60 Å². The quantitative estimate of drug-likeness (QED) is 0.849. The van der Waals surface area contributed by atoms with Crippen LogP contribution in [-0.2, 0) is 12.6 Å². The van der Waals surface area contributed by atoms with Crippen LogP contribution in [0.5, 0.6) is 5.88 Å². The lowest BCUT2D eigenvalue weighted by Gasteiger charge is -2.46. The Balaban J connectivity index is 1.78. The van der Waals surface area contributed by atoms with Crippen molar-refractivity contribution < 1.29 is 9.84 Å². The summed E-state index contributed by atoms with van der Waals surface area (Å²) in [5, 5.41) is 18.3. The summed E-state index contributed by atoms with van der Waals surface area (Å²) in [6.45, 7) is 5.17. The molecule has 1 fully saturated rings. The van der Waals surface area contributed by atoms with Crippen LogP contribution in [-0.4, -0.2) is 49.8 Å². The molecule has 0 atom stereocenters. The van der Waals surface area contributed by atoms with Crippen molar-refractivity contribution in [2.75, 3.05) is 24.6 Å². The fourth-order valence-electron chi connectivity index (χ4n) is 2.53. The second-order valence-corrected chi connectivity index (χ2v) is 5.18. The van der Waals surface area contributed by atoms with Gasteiger partial charge in [0.15, 0.2) is 0 Å². The number of ether oxygens (including phenoxy) is 1. The largest absolute Gasteiger partial charge is 0.478 e. The Labute approximate surface area is 122 Å². The van der Waals surface area contributed by atoms with Crippen LogP contribution in [0.15, 0.2) is 12.3 Å². The van der Waals surface area contributed by atoms with Crippen LogP contribution in [0.3, 0.4) is 0 Å². The summed E-state index contributed by atoms with van der Waals surface area (Å²) in [6, 6.07) is 1.79. The minimum Gasteiger partial charge on any atom is -0.478 e. The SMILES string of the molecule is CCOc1cc(N2CC(O)(c3cnnn3C)C2)nc(C)n1. The molecule has 1 aliphatic rings. The summed E-state index contributed by atoms with van der Waals surface area (Å²) in [7, 11) is 1.77. The van der Waals surface area contributed by atoms with Gasteiger partial charge in [-0.15, -0.1) is 5.10 Å². The minimum atomic E-state index is -0.942. The number of aromatic nitrogens is 5. The van der Waals surface area contributed by atoms with Crippen LogP contribution < -0.4 is 9.64 Å². The van der Waals surface area contributed by atoms with Gasteiger partial charge in [0.2, 0.25) is 5.88 Å². The van der Waals surface area contributed by atoms with E-state index in [9.17, 15) is 5.11 Å². The number of nitrogens with zero attached hydrogens (tertiary/aromatic N) is 6. The Hall–Kier alpha value is -2.22. The monoisotopic (exact) mass is 290 g/mol. The van der Waals surface area contributed by atoms with E-state index in [0.29, 0.717) is 37.1 Å². The van der Waals surface area contributed by atoms with Gasteiger partial charge in [-0.05, 0) is 13.8 Å². The fraction of sp³-hybridized carbons (Fsp3) is 0.538. The second kappa shape index (κ2) is 4.96. The summed E-state index contributed by atoms with van der Waals surface area (Å²) in [4.78, 5) is 10.6. The molecule has 0 radical (unpaired) electrons. The van der Waals surface area contributed by atoms with E-state index in [1.807, 2.05) is 18.7 Å². The smallest absolute Gasteiger partial charge is 0.218 e. The van der Waals surface area contributed by atoms with Crippen molar-refractivity contribution in [3.05, 3.63) is 23.8 Å². The van der Waals surface area contributed by atoms with Gasteiger partial charge in [0.05, 0.1) is 31.6 Å². The zero-order chi connectivity index (χ0) is 15.0. The molecule has 0 amide bonds. The predicted octanol–water partition coefficient (Wildman–Crippen LogP) is 0.0200. The van der Waals surface area contributed by atoms with Crippen LogP contribution in [0, 0.1) is 6.92 Å². The van der Waals surface area contributed by atoms with Crippen LogP contribution >= 0.6 is 0 Å². The lowest BCUT2D eigenvalue weighted by molar-refractivity contribution is -0.000567.